The van der Waals surface area contributed by atoms with Gasteiger partial charge < -0.3 is 15.0 Å². The van der Waals surface area contributed by atoms with Gasteiger partial charge in [-0.25, -0.2) is 0 Å². The number of nitrogens with zero attached hydrogens (tertiary/aromatic N) is 1. The molecule has 5 heteroatoms. The summed E-state index contributed by atoms with van der Waals surface area (Å²) in [6.45, 7) is 0.703. The largest absolute Gasteiger partial charge is 0.393 e. The quantitative estimate of drug-likeness (QED) is 0.912. The van der Waals surface area contributed by atoms with Gasteiger partial charge in [-0.1, -0.05) is 0 Å². The Morgan fingerprint density at radius 2 is 2.00 bits per heavy atom. The lowest BCUT2D eigenvalue weighted by atomic mass is 9.87. The lowest BCUT2D eigenvalue weighted by molar-refractivity contribution is 0.0914. The van der Waals surface area contributed by atoms with Crippen LogP contribution in [0.2, 0.25) is 0 Å². The van der Waals surface area contributed by atoms with Crippen molar-refractivity contribution >= 4 is 17.2 Å². The van der Waals surface area contributed by atoms with Gasteiger partial charge in [0.05, 0.1) is 11.8 Å². The Morgan fingerprint density at radius 3 is 2.71 bits per heavy atom. The number of hydrogen-bond acceptors (Lipinski definition) is 3. The lowest BCUT2D eigenvalue weighted by Gasteiger charge is -2.25. The number of rotatable bonds is 4. The third-order valence-electron chi connectivity index (χ3n) is 4.10. The summed E-state index contributed by atoms with van der Waals surface area (Å²) in [5, 5.41) is 14.5. The molecule has 2 aromatic heterocycles. The zero-order chi connectivity index (χ0) is 14.7. The molecule has 1 fully saturated rings. The van der Waals surface area contributed by atoms with Crippen LogP contribution in [0.25, 0.3) is 5.69 Å². The Labute approximate surface area is 128 Å². The monoisotopic (exact) mass is 304 g/mol. The highest BCUT2D eigenvalue weighted by molar-refractivity contribution is 7.12. The first-order valence-electron chi connectivity index (χ1n) is 7.41. The number of aliphatic hydroxyl groups is 1. The average Bonchev–Trinajstić information content (AvgIpc) is 3.16. The molecule has 0 radical (unpaired) electrons. The Kier molecular flexibility index (Phi) is 4.41. The van der Waals surface area contributed by atoms with Crippen molar-refractivity contribution < 1.29 is 9.90 Å². The number of amides is 1. The molecule has 112 valence electrons. The van der Waals surface area contributed by atoms with Gasteiger partial charge in [-0.05, 0) is 55.2 Å². The molecule has 2 N–H and O–H groups in total. The summed E-state index contributed by atoms with van der Waals surface area (Å²) in [4.78, 5) is 13.1. The van der Waals surface area contributed by atoms with Crippen LogP contribution in [-0.2, 0) is 0 Å². The summed E-state index contributed by atoms with van der Waals surface area (Å²) >= 11 is 1.47. The van der Waals surface area contributed by atoms with E-state index in [1.165, 1.54) is 11.3 Å². The fourth-order valence-corrected chi connectivity index (χ4v) is 3.64. The van der Waals surface area contributed by atoms with Gasteiger partial charge in [0, 0.05) is 18.9 Å². The van der Waals surface area contributed by atoms with Crippen LogP contribution in [0.3, 0.4) is 0 Å². The summed E-state index contributed by atoms with van der Waals surface area (Å²) < 4.78 is 1.96. The maximum absolute atomic E-state index is 12.4. The van der Waals surface area contributed by atoms with E-state index in [4.69, 9.17) is 0 Å². The van der Waals surface area contributed by atoms with E-state index in [0.29, 0.717) is 12.5 Å². The van der Waals surface area contributed by atoms with Crippen LogP contribution >= 0.6 is 11.3 Å². The topological polar surface area (TPSA) is 54.3 Å². The van der Waals surface area contributed by atoms with E-state index >= 15 is 0 Å². The van der Waals surface area contributed by atoms with Gasteiger partial charge in [0.1, 0.15) is 4.88 Å². The molecule has 2 heterocycles. The molecule has 2 aromatic rings. The fraction of sp³-hybridized carbons (Fsp3) is 0.438. The Morgan fingerprint density at radius 1 is 1.29 bits per heavy atom. The van der Waals surface area contributed by atoms with Crippen LogP contribution < -0.4 is 5.32 Å². The molecular weight excluding hydrogens is 284 g/mol. The highest BCUT2D eigenvalue weighted by Crippen LogP contribution is 2.24. The number of aliphatic hydroxyl groups excluding tert-OH is 1. The van der Waals surface area contributed by atoms with E-state index in [2.05, 4.69) is 5.32 Å². The number of thiophene rings is 1. The molecule has 0 bridgehead atoms. The molecule has 1 saturated carbocycles. The second kappa shape index (κ2) is 6.45. The van der Waals surface area contributed by atoms with Crippen LogP contribution in [0.5, 0.6) is 0 Å². The average molecular weight is 304 g/mol. The molecule has 0 spiro atoms. The fourth-order valence-electron chi connectivity index (χ4n) is 2.84. The lowest BCUT2D eigenvalue weighted by Crippen LogP contribution is -2.32. The van der Waals surface area contributed by atoms with E-state index in [1.54, 1.807) is 0 Å². The molecular formula is C16H20N2O2S. The SMILES string of the molecule is O=C(NCC1CCC(O)CC1)c1sccc1-n1cccc1. The van der Waals surface area contributed by atoms with E-state index in [1.807, 2.05) is 40.5 Å². The van der Waals surface area contributed by atoms with Gasteiger partial charge in [-0.3, -0.25) is 4.79 Å². The van der Waals surface area contributed by atoms with Gasteiger partial charge in [0.15, 0.2) is 0 Å². The minimum Gasteiger partial charge on any atom is -0.393 e. The smallest absolute Gasteiger partial charge is 0.263 e. The van der Waals surface area contributed by atoms with Crippen molar-refractivity contribution in [1.82, 2.24) is 9.88 Å². The molecule has 0 saturated heterocycles. The predicted octanol–water partition coefficient (Wildman–Crippen LogP) is 2.82. The van der Waals surface area contributed by atoms with Gasteiger partial charge >= 0.3 is 0 Å². The van der Waals surface area contributed by atoms with E-state index in [9.17, 15) is 9.90 Å². The van der Waals surface area contributed by atoms with E-state index < -0.39 is 0 Å². The van der Waals surface area contributed by atoms with Crippen molar-refractivity contribution in [1.29, 1.82) is 0 Å². The summed E-state index contributed by atoms with van der Waals surface area (Å²) in [5.41, 5.74) is 0.932. The number of nitrogens with one attached hydrogen (secondary N) is 1. The van der Waals surface area contributed by atoms with Crippen LogP contribution in [-0.4, -0.2) is 28.2 Å². The molecule has 4 nitrogen and oxygen atoms in total. The summed E-state index contributed by atoms with van der Waals surface area (Å²) in [7, 11) is 0. The maximum Gasteiger partial charge on any atom is 0.263 e. The Balaban J connectivity index is 1.60. The van der Waals surface area contributed by atoms with Crippen molar-refractivity contribution in [2.24, 2.45) is 5.92 Å². The molecule has 1 amide bonds. The van der Waals surface area contributed by atoms with Crippen molar-refractivity contribution in [2.75, 3.05) is 6.54 Å². The second-order valence-corrected chi connectivity index (χ2v) is 6.53. The van der Waals surface area contributed by atoms with E-state index in [-0.39, 0.29) is 12.0 Å². The van der Waals surface area contributed by atoms with Gasteiger partial charge in [0.2, 0.25) is 0 Å². The van der Waals surface area contributed by atoms with Gasteiger partial charge in [-0.15, -0.1) is 11.3 Å². The Hall–Kier alpha value is -1.59. The number of aromatic nitrogens is 1. The van der Waals surface area contributed by atoms with Gasteiger partial charge in [0.25, 0.3) is 5.91 Å². The molecule has 0 unspecified atom stereocenters. The minimum absolute atomic E-state index is 0.000165. The molecule has 0 atom stereocenters. The van der Waals surface area contributed by atoms with Crippen LogP contribution in [0.15, 0.2) is 36.0 Å². The standard InChI is InChI=1S/C16H20N2O2S/c19-13-5-3-12(4-6-13)11-17-16(20)15-14(7-10-21-15)18-8-1-2-9-18/h1-2,7-10,12-13,19H,3-6,11H2,(H,17,20). The number of hydrogen-bond donors (Lipinski definition) is 2. The van der Waals surface area contributed by atoms with Crippen molar-refractivity contribution in [3.63, 3.8) is 0 Å². The second-order valence-electron chi connectivity index (χ2n) is 5.61. The highest BCUT2D eigenvalue weighted by Gasteiger charge is 2.21. The first kappa shape index (κ1) is 14.4. The molecule has 1 aliphatic carbocycles. The van der Waals surface area contributed by atoms with Gasteiger partial charge in [-0.2, -0.15) is 0 Å². The molecule has 21 heavy (non-hydrogen) atoms. The number of carbonyl (C=O) groups excluding carboxylic acids is 1. The maximum atomic E-state index is 12.4. The Bertz CT molecular complexity index is 583. The molecule has 1 aliphatic rings. The first-order valence-corrected chi connectivity index (χ1v) is 8.29. The van der Waals surface area contributed by atoms with Crippen molar-refractivity contribution in [3.05, 3.63) is 40.8 Å². The van der Waals surface area contributed by atoms with Crippen LogP contribution in [0.4, 0.5) is 0 Å². The highest BCUT2D eigenvalue weighted by atomic mass is 32.1. The summed E-state index contributed by atoms with van der Waals surface area (Å²) in [6, 6.07) is 5.87. The zero-order valence-corrected chi connectivity index (χ0v) is 12.7. The van der Waals surface area contributed by atoms with E-state index in [0.717, 1.165) is 36.2 Å². The van der Waals surface area contributed by atoms with Crippen LogP contribution in [0, 0.1) is 5.92 Å². The number of carbonyl (C=O) groups is 1. The molecule has 3 rings (SSSR count). The van der Waals surface area contributed by atoms with Crippen molar-refractivity contribution in [2.45, 2.75) is 31.8 Å². The summed E-state index contributed by atoms with van der Waals surface area (Å²) in [5.74, 6) is 0.493. The van der Waals surface area contributed by atoms with Crippen LogP contribution in [0.1, 0.15) is 35.4 Å². The third-order valence-corrected chi connectivity index (χ3v) is 5.00. The summed E-state index contributed by atoms with van der Waals surface area (Å²) in [6.07, 6.45) is 7.45. The van der Waals surface area contributed by atoms with Crippen molar-refractivity contribution in [3.8, 4) is 5.69 Å². The minimum atomic E-state index is -0.144. The molecule has 0 aromatic carbocycles. The third kappa shape index (κ3) is 3.36. The zero-order valence-electron chi connectivity index (χ0n) is 11.9. The normalized spacial score (nSPS) is 22.1. The predicted molar refractivity (Wildman–Crippen MR) is 83.9 cm³/mol. The first-order chi connectivity index (χ1) is 10.2. The molecule has 0 aliphatic heterocycles.